The summed E-state index contributed by atoms with van der Waals surface area (Å²) in [4.78, 5) is 14.7. The van der Waals surface area contributed by atoms with Gasteiger partial charge in [-0.15, -0.1) is 0 Å². The first-order chi connectivity index (χ1) is 23.6. The van der Waals surface area contributed by atoms with Gasteiger partial charge in [-0.1, -0.05) is 84.0 Å². The van der Waals surface area contributed by atoms with E-state index in [2.05, 4.69) is 150 Å². The molecule has 2 atom stereocenters. The fourth-order valence-electron chi connectivity index (χ4n) is 7.26. The lowest BCUT2D eigenvalue weighted by molar-refractivity contribution is 0.577. The Morgan fingerprint density at radius 2 is 1.42 bits per heavy atom. The first kappa shape index (κ1) is 29.9. The molecule has 2 unspecified atom stereocenters. The minimum atomic E-state index is 0.0910. The number of aryl methyl sites for hydroxylation is 2. The summed E-state index contributed by atoms with van der Waals surface area (Å²) in [6.45, 7) is 4.28. The van der Waals surface area contributed by atoms with Gasteiger partial charge in [-0.05, 0) is 106 Å². The highest BCUT2D eigenvalue weighted by molar-refractivity contribution is 5.84. The summed E-state index contributed by atoms with van der Waals surface area (Å²) in [5.41, 5.74) is 14.6. The average Bonchev–Trinajstić information content (AvgIpc) is 3.54. The number of nitrogens with zero attached hydrogens (tertiary/aromatic N) is 4. The SMILES string of the molecule is Cc1ccc(N(C2=CCC(c3cnc(C4=CC=C(C5Nc6ccccc6N5c5ccccc5)CC4)cn3)CC2)c2ccc(C)cc2)cc1. The van der Waals surface area contributed by atoms with Crippen molar-refractivity contribution in [1.82, 2.24) is 9.97 Å². The first-order valence-electron chi connectivity index (χ1n) is 17.1. The number of allylic oxidation sites excluding steroid dienone is 5. The fourth-order valence-corrected chi connectivity index (χ4v) is 7.26. The molecular formula is C43H41N5. The second-order valence-corrected chi connectivity index (χ2v) is 13.2. The van der Waals surface area contributed by atoms with Crippen LogP contribution in [0.25, 0.3) is 5.57 Å². The summed E-state index contributed by atoms with van der Waals surface area (Å²) in [7, 11) is 0. The number of anilines is 5. The molecule has 5 nitrogen and oxygen atoms in total. The van der Waals surface area contributed by atoms with Crippen LogP contribution in [0.4, 0.5) is 28.4 Å². The van der Waals surface area contributed by atoms with Gasteiger partial charge in [0.05, 0.1) is 29.0 Å². The first-order valence-corrected chi connectivity index (χ1v) is 17.1. The lowest BCUT2D eigenvalue weighted by atomic mass is 9.89. The highest BCUT2D eigenvalue weighted by atomic mass is 15.3. The molecule has 1 aromatic heterocycles. The summed E-state index contributed by atoms with van der Waals surface area (Å²) in [5, 5.41) is 3.78. The minimum Gasteiger partial charge on any atom is -0.360 e. The van der Waals surface area contributed by atoms with E-state index in [-0.39, 0.29) is 6.17 Å². The Morgan fingerprint density at radius 1 is 0.708 bits per heavy atom. The zero-order valence-electron chi connectivity index (χ0n) is 27.7. The summed E-state index contributed by atoms with van der Waals surface area (Å²) in [6, 6.07) is 36.9. The van der Waals surface area contributed by atoms with Crippen molar-refractivity contribution in [2.24, 2.45) is 0 Å². The van der Waals surface area contributed by atoms with Crippen LogP contribution < -0.4 is 15.1 Å². The smallest absolute Gasteiger partial charge is 0.126 e. The molecule has 0 radical (unpaired) electrons. The molecule has 0 spiro atoms. The number of para-hydroxylation sites is 3. The van der Waals surface area contributed by atoms with Crippen LogP contribution >= 0.6 is 0 Å². The Kier molecular flexibility index (Phi) is 8.11. The summed E-state index contributed by atoms with van der Waals surface area (Å²) >= 11 is 0. The van der Waals surface area contributed by atoms with Gasteiger partial charge in [-0.25, -0.2) is 0 Å². The van der Waals surface area contributed by atoms with Crippen LogP contribution in [-0.4, -0.2) is 16.1 Å². The second kappa shape index (κ2) is 13.0. The van der Waals surface area contributed by atoms with Gasteiger partial charge in [0, 0.05) is 34.9 Å². The van der Waals surface area contributed by atoms with Crippen LogP contribution in [0.5, 0.6) is 0 Å². The van der Waals surface area contributed by atoms with Crippen LogP contribution in [0.3, 0.4) is 0 Å². The molecule has 8 rings (SSSR count). The van der Waals surface area contributed by atoms with E-state index in [1.807, 2.05) is 12.4 Å². The third kappa shape index (κ3) is 5.93. The molecule has 2 aliphatic carbocycles. The van der Waals surface area contributed by atoms with E-state index in [4.69, 9.17) is 9.97 Å². The third-order valence-corrected chi connectivity index (χ3v) is 9.96. The molecule has 4 aromatic carbocycles. The molecule has 0 bridgehead atoms. The number of rotatable bonds is 7. The van der Waals surface area contributed by atoms with E-state index in [0.717, 1.165) is 43.5 Å². The summed E-state index contributed by atoms with van der Waals surface area (Å²) in [6.07, 6.45) is 16.0. The Bertz CT molecular complexity index is 1940. The average molecular weight is 628 g/mol. The Hall–Kier alpha value is -5.42. The van der Waals surface area contributed by atoms with Crippen molar-refractivity contribution in [2.75, 3.05) is 15.1 Å². The van der Waals surface area contributed by atoms with Crippen LogP contribution in [0.2, 0.25) is 0 Å². The number of hydrogen-bond acceptors (Lipinski definition) is 5. The van der Waals surface area contributed by atoms with Crippen LogP contribution in [-0.2, 0) is 0 Å². The van der Waals surface area contributed by atoms with E-state index < -0.39 is 0 Å². The minimum absolute atomic E-state index is 0.0910. The molecule has 0 saturated heterocycles. The normalized spacial score (nSPS) is 18.7. The van der Waals surface area contributed by atoms with E-state index >= 15 is 0 Å². The van der Waals surface area contributed by atoms with Gasteiger partial charge in [-0.3, -0.25) is 9.97 Å². The standard InChI is InChI=1S/C43H41N5/c1-30-12-22-36(23-13-30)47(37-24-14-31(2)15-25-37)38-26-20-33(21-27-38)41-29-44-40(28-45-41)32-16-18-34(19-17-32)43-46-39-10-6-7-11-42(39)48(43)35-8-4-3-5-9-35/h3-16,18,22-26,28-29,33,43,46H,17,19-21,27H2,1-2H3. The topological polar surface area (TPSA) is 44.3 Å². The summed E-state index contributed by atoms with van der Waals surface area (Å²) < 4.78 is 0. The van der Waals surface area contributed by atoms with Crippen LogP contribution in [0.15, 0.2) is 145 Å². The Morgan fingerprint density at radius 3 is 2.04 bits per heavy atom. The van der Waals surface area contributed by atoms with Crippen molar-refractivity contribution in [3.05, 3.63) is 168 Å². The Balaban J connectivity index is 0.979. The molecule has 1 N–H and O–H groups in total. The number of benzene rings is 4. The van der Waals surface area contributed by atoms with Gasteiger partial charge >= 0.3 is 0 Å². The zero-order chi connectivity index (χ0) is 32.5. The molecule has 238 valence electrons. The number of fused-ring (bicyclic) bond motifs is 1. The number of nitrogens with one attached hydrogen (secondary N) is 1. The van der Waals surface area contributed by atoms with Crippen molar-refractivity contribution in [1.29, 1.82) is 0 Å². The Labute approximate surface area is 284 Å². The molecule has 48 heavy (non-hydrogen) atoms. The maximum atomic E-state index is 4.97. The van der Waals surface area contributed by atoms with E-state index in [1.54, 1.807) is 0 Å². The van der Waals surface area contributed by atoms with Crippen LogP contribution in [0.1, 0.15) is 60.5 Å². The van der Waals surface area contributed by atoms with Crippen molar-refractivity contribution in [3.63, 3.8) is 0 Å². The highest BCUT2D eigenvalue weighted by Gasteiger charge is 2.33. The van der Waals surface area contributed by atoms with Crippen molar-refractivity contribution >= 4 is 34.0 Å². The largest absolute Gasteiger partial charge is 0.360 e. The van der Waals surface area contributed by atoms with Crippen molar-refractivity contribution in [3.8, 4) is 0 Å². The maximum Gasteiger partial charge on any atom is 0.126 e. The van der Waals surface area contributed by atoms with Gasteiger partial charge in [0.1, 0.15) is 6.17 Å². The third-order valence-electron chi connectivity index (χ3n) is 9.96. The maximum absolute atomic E-state index is 4.97. The van der Waals surface area contributed by atoms with E-state index in [1.165, 1.54) is 56.4 Å². The molecular weight excluding hydrogens is 587 g/mol. The van der Waals surface area contributed by atoms with Gasteiger partial charge in [0.25, 0.3) is 0 Å². The van der Waals surface area contributed by atoms with Crippen LogP contribution in [0, 0.1) is 13.8 Å². The second-order valence-electron chi connectivity index (χ2n) is 13.2. The van der Waals surface area contributed by atoms with E-state index in [9.17, 15) is 0 Å². The van der Waals surface area contributed by atoms with Gasteiger partial charge in [-0.2, -0.15) is 0 Å². The highest BCUT2D eigenvalue weighted by Crippen LogP contribution is 2.44. The van der Waals surface area contributed by atoms with Crippen molar-refractivity contribution < 1.29 is 0 Å². The van der Waals surface area contributed by atoms with Gasteiger partial charge in [0.2, 0.25) is 0 Å². The quantitative estimate of drug-likeness (QED) is 0.194. The number of aromatic nitrogens is 2. The predicted octanol–water partition coefficient (Wildman–Crippen LogP) is 10.8. The zero-order valence-corrected chi connectivity index (χ0v) is 27.7. The monoisotopic (exact) mass is 627 g/mol. The summed E-state index contributed by atoms with van der Waals surface area (Å²) in [5.74, 6) is 0.374. The van der Waals surface area contributed by atoms with Crippen molar-refractivity contribution in [2.45, 2.75) is 58.0 Å². The van der Waals surface area contributed by atoms with E-state index in [0.29, 0.717) is 5.92 Å². The molecule has 0 fully saturated rings. The lowest BCUT2D eigenvalue weighted by Gasteiger charge is -2.32. The molecule has 0 saturated carbocycles. The molecule has 1 aliphatic heterocycles. The van der Waals surface area contributed by atoms with Gasteiger partial charge in [0.15, 0.2) is 0 Å². The molecule has 2 heterocycles. The molecule has 3 aliphatic rings. The molecule has 5 heteroatoms. The lowest BCUT2D eigenvalue weighted by Crippen LogP contribution is -2.34. The number of hydrogen-bond donors (Lipinski definition) is 1. The van der Waals surface area contributed by atoms with Gasteiger partial charge < -0.3 is 15.1 Å². The molecule has 0 amide bonds. The predicted molar refractivity (Wildman–Crippen MR) is 199 cm³/mol. The fraction of sp³-hybridized carbons (Fsp3) is 0.209. The molecule has 5 aromatic rings.